The van der Waals surface area contributed by atoms with Crippen LogP contribution in [-0.2, 0) is 12.8 Å². The first-order valence-electron chi connectivity index (χ1n) is 4.96. The van der Waals surface area contributed by atoms with E-state index in [1.165, 1.54) is 16.7 Å². The maximum absolute atomic E-state index is 9.48. The van der Waals surface area contributed by atoms with Gasteiger partial charge in [-0.15, -0.1) is 0 Å². The van der Waals surface area contributed by atoms with Gasteiger partial charge in [0.15, 0.2) is 0 Å². The predicted molar refractivity (Wildman–Crippen MR) is 53.9 cm³/mol. The van der Waals surface area contributed by atoms with Crippen molar-refractivity contribution in [2.24, 2.45) is 0 Å². The highest BCUT2D eigenvalue weighted by Gasteiger charge is 2.19. The Kier molecular flexibility index (Phi) is 2.12. The Labute approximate surface area is 79.4 Å². The first-order chi connectivity index (χ1) is 6.16. The van der Waals surface area contributed by atoms with Crippen molar-refractivity contribution in [2.45, 2.75) is 38.7 Å². The summed E-state index contributed by atoms with van der Waals surface area (Å²) >= 11 is 0. The van der Waals surface area contributed by atoms with Crippen LogP contribution in [0, 0.1) is 0 Å². The molecular weight excluding hydrogens is 160 g/mol. The van der Waals surface area contributed by atoms with Gasteiger partial charge in [0.05, 0.1) is 6.10 Å². The molecule has 1 nitrogen and oxygen atoms in total. The van der Waals surface area contributed by atoms with E-state index in [4.69, 9.17) is 0 Å². The zero-order valence-corrected chi connectivity index (χ0v) is 8.25. The lowest BCUT2D eigenvalue weighted by atomic mass is 9.99. The summed E-state index contributed by atoms with van der Waals surface area (Å²) in [6, 6.07) is 6.60. The van der Waals surface area contributed by atoms with Crippen LogP contribution in [0.5, 0.6) is 0 Å². The van der Waals surface area contributed by atoms with Crippen LogP contribution in [0.1, 0.15) is 36.5 Å². The summed E-state index contributed by atoms with van der Waals surface area (Å²) in [4.78, 5) is 0. The minimum absolute atomic E-state index is 0.141. The van der Waals surface area contributed by atoms with Gasteiger partial charge in [0.2, 0.25) is 0 Å². The molecule has 1 unspecified atom stereocenters. The van der Waals surface area contributed by atoms with Gasteiger partial charge < -0.3 is 5.11 Å². The van der Waals surface area contributed by atoms with Crippen LogP contribution in [0.25, 0.3) is 0 Å². The Morgan fingerprint density at radius 2 is 1.92 bits per heavy atom. The average molecular weight is 176 g/mol. The van der Waals surface area contributed by atoms with E-state index in [9.17, 15) is 5.11 Å². The number of rotatable bonds is 1. The maximum Gasteiger partial charge on any atom is 0.0621 e. The molecule has 2 rings (SSSR count). The monoisotopic (exact) mass is 176 g/mol. The topological polar surface area (TPSA) is 20.2 Å². The zero-order valence-electron chi connectivity index (χ0n) is 8.25. The summed E-state index contributed by atoms with van der Waals surface area (Å²) in [5, 5.41) is 9.48. The van der Waals surface area contributed by atoms with Crippen LogP contribution in [0.15, 0.2) is 18.2 Å². The average Bonchev–Trinajstić information content (AvgIpc) is 2.42. The van der Waals surface area contributed by atoms with Crippen LogP contribution in [0.2, 0.25) is 0 Å². The van der Waals surface area contributed by atoms with Crippen LogP contribution in [0.3, 0.4) is 0 Å². The number of aliphatic hydroxyl groups excluding tert-OH is 1. The van der Waals surface area contributed by atoms with Crippen molar-refractivity contribution >= 4 is 0 Å². The van der Waals surface area contributed by atoms with E-state index in [1.807, 2.05) is 0 Å². The molecule has 0 saturated carbocycles. The van der Waals surface area contributed by atoms with Gasteiger partial charge in [-0.1, -0.05) is 32.0 Å². The van der Waals surface area contributed by atoms with E-state index in [0.717, 1.165) is 12.8 Å². The Morgan fingerprint density at radius 3 is 2.62 bits per heavy atom. The molecule has 70 valence electrons. The van der Waals surface area contributed by atoms with Crippen molar-refractivity contribution in [3.05, 3.63) is 34.9 Å². The van der Waals surface area contributed by atoms with E-state index in [-0.39, 0.29) is 6.10 Å². The second-order valence-corrected chi connectivity index (χ2v) is 4.24. The molecule has 13 heavy (non-hydrogen) atoms. The Hall–Kier alpha value is -0.820. The van der Waals surface area contributed by atoms with Crippen molar-refractivity contribution in [1.82, 2.24) is 0 Å². The highest BCUT2D eigenvalue weighted by molar-refractivity contribution is 5.37. The van der Waals surface area contributed by atoms with Crippen molar-refractivity contribution < 1.29 is 5.11 Å². The van der Waals surface area contributed by atoms with Gasteiger partial charge in [-0.05, 0) is 35.4 Å². The van der Waals surface area contributed by atoms with Crippen molar-refractivity contribution in [2.75, 3.05) is 0 Å². The normalized spacial score (nSPS) is 20.8. The summed E-state index contributed by atoms with van der Waals surface area (Å²) in [5.41, 5.74) is 4.06. The van der Waals surface area contributed by atoms with E-state index in [1.54, 1.807) is 0 Å². The van der Waals surface area contributed by atoms with Gasteiger partial charge in [-0.25, -0.2) is 0 Å². The lowest BCUT2D eigenvalue weighted by Gasteiger charge is -2.07. The van der Waals surface area contributed by atoms with Crippen LogP contribution in [-0.4, -0.2) is 11.2 Å². The summed E-state index contributed by atoms with van der Waals surface area (Å²) in [7, 11) is 0. The molecule has 1 aliphatic carbocycles. The fourth-order valence-corrected chi connectivity index (χ4v) is 1.97. The summed E-state index contributed by atoms with van der Waals surface area (Å²) in [6.07, 6.45) is 1.54. The third-order valence-corrected chi connectivity index (χ3v) is 2.81. The number of fused-ring (bicyclic) bond motifs is 1. The van der Waals surface area contributed by atoms with E-state index >= 15 is 0 Å². The molecule has 1 heteroatoms. The summed E-state index contributed by atoms with van der Waals surface area (Å²) < 4.78 is 0. The second-order valence-electron chi connectivity index (χ2n) is 4.24. The number of benzene rings is 1. The van der Waals surface area contributed by atoms with Gasteiger partial charge in [0, 0.05) is 0 Å². The Balaban J connectivity index is 2.35. The molecular formula is C12H16O. The lowest BCUT2D eigenvalue weighted by Crippen LogP contribution is -2.03. The fraction of sp³-hybridized carbons (Fsp3) is 0.500. The third-order valence-electron chi connectivity index (χ3n) is 2.81. The Morgan fingerprint density at radius 1 is 1.23 bits per heavy atom. The molecule has 1 atom stereocenters. The van der Waals surface area contributed by atoms with Crippen LogP contribution in [0.4, 0.5) is 0 Å². The molecule has 1 aromatic carbocycles. The molecule has 0 spiro atoms. The van der Waals surface area contributed by atoms with Crippen molar-refractivity contribution in [3.8, 4) is 0 Å². The summed E-state index contributed by atoms with van der Waals surface area (Å²) in [6.45, 7) is 4.40. The van der Waals surface area contributed by atoms with Crippen molar-refractivity contribution in [1.29, 1.82) is 0 Å². The molecule has 1 aromatic rings. The minimum Gasteiger partial charge on any atom is -0.392 e. The molecule has 1 N–H and O–H groups in total. The van der Waals surface area contributed by atoms with E-state index in [0.29, 0.717) is 5.92 Å². The SMILES string of the molecule is CC(C)c1ccc2c(c1)CC(O)C2. The molecule has 0 aliphatic heterocycles. The van der Waals surface area contributed by atoms with Gasteiger partial charge in [-0.3, -0.25) is 0 Å². The number of aliphatic hydroxyl groups is 1. The summed E-state index contributed by atoms with van der Waals surface area (Å²) in [5.74, 6) is 0.586. The molecule has 0 saturated heterocycles. The number of hydrogen-bond acceptors (Lipinski definition) is 1. The standard InChI is InChI=1S/C12H16O/c1-8(2)9-3-4-10-6-12(13)7-11(10)5-9/h3-5,8,12-13H,6-7H2,1-2H3. The molecule has 0 radical (unpaired) electrons. The van der Waals surface area contributed by atoms with E-state index < -0.39 is 0 Å². The predicted octanol–water partition coefficient (Wildman–Crippen LogP) is 2.27. The molecule has 0 bridgehead atoms. The van der Waals surface area contributed by atoms with E-state index in [2.05, 4.69) is 32.0 Å². The van der Waals surface area contributed by atoms with Gasteiger partial charge in [0.1, 0.15) is 0 Å². The number of hydrogen-bond donors (Lipinski definition) is 1. The van der Waals surface area contributed by atoms with Crippen molar-refractivity contribution in [3.63, 3.8) is 0 Å². The molecule has 0 aromatic heterocycles. The third kappa shape index (κ3) is 1.61. The largest absolute Gasteiger partial charge is 0.392 e. The Bertz CT molecular complexity index is 315. The van der Waals surface area contributed by atoms with Gasteiger partial charge in [-0.2, -0.15) is 0 Å². The smallest absolute Gasteiger partial charge is 0.0621 e. The zero-order chi connectivity index (χ0) is 9.42. The lowest BCUT2D eigenvalue weighted by molar-refractivity contribution is 0.187. The van der Waals surface area contributed by atoms with Crippen LogP contribution >= 0.6 is 0 Å². The van der Waals surface area contributed by atoms with Gasteiger partial charge in [0.25, 0.3) is 0 Å². The fourth-order valence-electron chi connectivity index (χ4n) is 1.97. The molecule has 0 amide bonds. The maximum atomic E-state index is 9.48. The minimum atomic E-state index is -0.141. The molecule has 0 fully saturated rings. The van der Waals surface area contributed by atoms with Crippen LogP contribution < -0.4 is 0 Å². The highest BCUT2D eigenvalue weighted by Crippen LogP contribution is 2.26. The second kappa shape index (κ2) is 3.15. The molecule has 1 aliphatic rings. The highest BCUT2D eigenvalue weighted by atomic mass is 16.3. The first-order valence-corrected chi connectivity index (χ1v) is 4.96. The van der Waals surface area contributed by atoms with Gasteiger partial charge >= 0.3 is 0 Å². The molecule has 0 heterocycles. The first kappa shape index (κ1) is 8.76. The quantitative estimate of drug-likeness (QED) is 0.696.